The Bertz CT molecular complexity index is 991. The van der Waals surface area contributed by atoms with Crippen molar-refractivity contribution in [2.45, 2.75) is 69.7 Å². The first-order chi connectivity index (χ1) is 17.9. The number of hydrogen-bond donors (Lipinski definition) is 1. The average Bonchev–Trinajstić information content (AvgIpc) is 3.58. The van der Waals surface area contributed by atoms with Gasteiger partial charge in [0.1, 0.15) is 17.7 Å². The molecule has 202 valence electrons. The van der Waals surface area contributed by atoms with Crippen molar-refractivity contribution in [3.05, 3.63) is 65.5 Å². The van der Waals surface area contributed by atoms with Gasteiger partial charge in [-0.3, -0.25) is 14.7 Å². The molecular formula is C30H41F2N3O2. The monoisotopic (exact) mass is 513 g/mol. The molecule has 7 heteroatoms. The van der Waals surface area contributed by atoms with E-state index < -0.39 is 5.97 Å². The quantitative estimate of drug-likeness (QED) is 0.463. The highest BCUT2D eigenvalue weighted by Crippen LogP contribution is 2.37. The fourth-order valence-electron chi connectivity index (χ4n) is 5.66. The maximum absolute atomic E-state index is 13.3. The predicted octanol–water partition coefficient (Wildman–Crippen LogP) is 5.75. The molecule has 3 heterocycles. The molecule has 0 bridgehead atoms. The number of aliphatic carboxylic acids is 1. The summed E-state index contributed by atoms with van der Waals surface area (Å²) in [6.45, 7) is 4.00. The second-order valence-electron chi connectivity index (χ2n) is 11.2. The van der Waals surface area contributed by atoms with Gasteiger partial charge in [-0.05, 0) is 119 Å². The summed E-state index contributed by atoms with van der Waals surface area (Å²) < 4.78 is 25.9. The maximum Gasteiger partial charge on any atom is 0.320 e. The zero-order chi connectivity index (χ0) is 26.2. The Morgan fingerprint density at radius 2 is 1.81 bits per heavy atom. The van der Waals surface area contributed by atoms with Gasteiger partial charge >= 0.3 is 5.97 Å². The van der Waals surface area contributed by atoms with E-state index in [0.717, 1.165) is 49.5 Å². The van der Waals surface area contributed by atoms with E-state index in [9.17, 15) is 18.7 Å². The van der Waals surface area contributed by atoms with Crippen LogP contribution in [0.15, 0.2) is 42.6 Å². The molecule has 0 radical (unpaired) electrons. The van der Waals surface area contributed by atoms with E-state index in [2.05, 4.69) is 21.8 Å². The zero-order valence-corrected chi connectivity index (χ0v) is 22.0. The highest BCUT2D eigenvalue weighted by Gasteiger charge is 2.37. The van der Waals surface area contributed by atoms with Gasteiger partial charge in [-0.1, -0.05) is 25.0 Å². The molecule has 0 amide bonds. The lowest BCUT2D eigenvalue weighted by atomic mass is 9.91. The molecule has 1 aromatic carbocycles. The first-order valence-electron chi connectivity index (χ1n) is 13.9. The van der Waals surface area contributed by atoms with Crippen LogP contribution in [0.3, 0.4) is 0 Å². The number of nitrogens with zero attached hydrogens (tertiary/aromatic N) is 3. The van der Waals surface area contributed by atoms with Gasteiger partial charge in [0.25, 0.3) is 0 Å². The van der Waals surface area contributed by atoms with E-state index in [1.807, 2.05) is 6.07 Å². The number of likely N-dealkylation sites (tertiary alicyclic amines) is 2. The van der Waals surface area contributed by atoms with Crippen LogP contribution in [-0.4, -0.2) is 65.1 Å². The summed E-state index contributed by atoms with van der Waals surface area (Å²) >= 11 is 0. The summed E-state index contributed by atoms with van der Waals surface area (Å²) in [5, 5.41) is 9.41. The standard InChI is InChI=1S/C16H20FNO2.C14H21FN2/c17-14-3-1-2-12(9-14)13-6-7-18(10-13)15(16(19)20)8-11-4-5-11;1-17-9-7-12(8-10-17)3-2-4-14-6-5-13(15)11-16-14/h1-3,9,11,13,15H,4-8,10H2,(H,19,20);5-6,11-12H,2-4,7-10H2,1H3. The topological polar surface area (TPSA) is 56.7 Å². The number of carboxylic acid groups (broad SMARTS) is 1. The first-order valence-corrected chi connectivity index (χ1v) is 13.9. The molecule has 2 aliphatic heterocycles. The van der Waals surface area contributed by atoms with Crippen molar-refractivity contribution in [2.24, 2.45) is 11.8 Å². The van der Waals surface area contributed by atoms with Crippen LogP contribution in [0.2, 0.25) is 0 Å². The first kappa shape index (κ1) is 27.6. The molecule has 1 N–H and O–H groups in total. The zero-order valence-electron chi connectivity index (χ0n) is 22.0. The Kier molecular flexibility index (Phi) is 10.0. The minimum absolute atomic E-state index is 0.214. The molecule has 1 aliphatic carbocycles. The van der Waals surface area contributed by atoms with Crippen LogP contribution in [0.1, 0.15) is 68.5 Å². The predicted molar refractivity (Wildman–Crippen MR) is 141 cm³/mol. The number of pyridine rings is 1. The number of hydrogen-bond acceptors (Lipinski definition) is 4. The fraction of sp³-hybridized carbons (Fsp3) is 0.600. The normalized spacial score (nSPS) is 21.9. The third-order valence-corrected chi connectivity index (χ3v) is 8.19. The maximum atomic E-state index is 13.3. The van der Waals surface area contributed by atoms with Crippen LogP contribution in [0.5, 0.6) is 0 Å². The van der Waals surface area contributed by atoms with Crippen molar-refractivity contribution in [1.82, 2.24) is 14.8 Å². The van der Waals surface area contributed by atoms with E-state index in [1.54, 1.807) is 18.2 Å². The average molecular weight is 514 g/mol. The number of benzene rings is 1. The van der Waals surface area contributed by atoms with Crippen molar-refractivity contribution >= 4 is 5.97 Å². The minimum atomic E-state index is -0.711. The van der Waals surface area contributed by atoms with Gasteiger partial charge in [-0.15, -0.1) is 0 Å². The number of piperidine rings is 1. The van der Waals surface area contributed by atoms with Crippen LogP contribution < -0.4 is 0 Å². The molecule has 3 aliphatic rings. The molecule has 2 atom stereocenters. The largest absolute Gasteiger partial charge is 0.480 e. The number of rotatable bonds is 9. The van der Waals surface area contributed by atoms with Crippen LogP contribution in [-0.2, 0) is 11.2 Å². The third kappa shape index (κ3) is 8.85. The number of aryl methyl sites for hydroxylation is 1. The SMILES string of the molecule is CN1CCC(CCCc2ccc(F)cn2)CC1.O=C(O)C(CC1CC1)N1CCC(c2cccc(F)c2)C1. The number of carbonyl (C=O) groups is 1. The second-order valence-corrected chi connectivity index (χ2v) is 11.2. The van der Waals surface area contributed by atoms with E-state index in [-0.39, 0.29) is 23.6 Å². The highest BCUT2D eigenvalue weighted by atomic mass is 19.1. The van der Waals surface area contributed by atoms with E-state index in [1.165, 1.54) is 69.9 Å². The van der Waals surface area contributed by atoms with Crippen LogP contribution in [0, 0.1) is 23.5 Å². The van der Waals surface area contributed by atoms with Gasteiger partial charge in [-0.2, -0.15) is 0 Å². The van der Waals surface area contributed by atoms with Gasteiger partial charge < -0.3 is 10.0 Å². The van der Waals surface area contributed by atoms with Crippen molar-refractivity contribution in [2.75, 3.05) is 33.2 Å². The van der Waals surface area contributed by atoms with E-state index in [0.29, 0.717) is 5.92 Å². The van der Waals surface area contributed by atoms with E-state index in [4.69, 9.17) is 0 Å². The summed E-state index contributed by atoms with van der Waals surface area (Å²) in [5.74, 6) is 0.567. The molecule has 2 saturated heterocycles. The molecular weight excluding hydrogens is 472 g/mol. The molecule has 1 aromatic heterocycles. The lowest BCUT2D eigenvalue weighted by molar-refractivity contribution is -0.143. The Hall–Kier alpha value is -2.38. The summed E-state index contributed by atoms with van der Waals surface area (Å²) in [7, 11) is 2.19. The smallest absolute Gasteiger partial charge is 0.320 e. The Labute approximate surface area is 219 Å². The Morgan fingerprint density at radius 1 is 1.03 bits per heavy atom. The van der Waals surface area contributed by atoms with Gasteiger partial charge in [0.15, 0.2) is 0 Å². The lowest BCUT2D eigenvalue weighted by Crippen LogP contribution is -2.40. The van der Waals surface area contributed by atoms with Gasteiger partial charge in [0, 0.05) is 12.2 Å². The second kappa shape index (κ2) is 13.4. The third-order valence-electron chi connectivity index (χ3n) is 8.19. The molecule has 0 spiro atoms. The minimum Gasteiger partial charge on any atom is -0.480 e. The molecule has 2 unspecified atom stereocenters. The van der Waals surface area contributed by atoms with Crippen LogP contribution in [0.25, 0.3) is 0 Å². The van der Waals surface area contributed by atoms with Crippen molar-refractivity contribution < 1.29 is 18.7 Å². The number of halogens is 2. The molecule has 2 aromatic rings. The lowest BCUT2D eigenvalue weighted by Gasteiger charge is -2.28. The van der Waals surface area contributed by atoms with Gasteiger partial charge in [0.2, 0.25) is 0 Å². The summed E-state index contributed by atoms with van der Waals surface area (Å²) in [4.78, 5) is 20.0. The molecule has 5 rings (SSSR count). The highest BCUT2D eigenvalue weighted by molar-refractivity contribution is 5.73. The molecule has 1 saturated carbocycles. The van der Waals surface area contributed by atoms with Crippen LogP contribution in [0.4, 0.5) is 8.78 Å². The Balaban J connectivity index is 0.000000176. The summed E-state index contributed by atoms with van der Waals surface area (Å²) in [6.07, 6.45) is 11.4. The molecule has 37 heavy (non-hydrogen) atoms. The summed E-state index contributed by atoms with van der Waals surface area (Å²) in [5.41, 5.74) is 2.00. The van der Waals surface area contributed by atoms with Crippen molar-refractivity contribution in [1.29, 1.82) is 0 Å². The van der Waals surface area contributed by atoms with Crippen molar-refractivity contribution in [3.63, 3.8) is 0 Å². The summed E-state index contributed by atoms with van der Waals surface area (Å²) in [6, 6.07) is 9.62. The molecule has 3 fully saturated rings. The Morgan fingerprint density at radius 3 is 2.46 bits per heavy atom. The molecule has 5 nitrogen and oxygen atoms in total. The van der Waals surface area contributed by atoms with Crippen molar-refractivity contribution in [3.8, 4) is 0 Å². The number of carboxylic acids is 1. The van der Waals surface area contributed by atoms with Gasteiger partial charge in [0.05, 0.1) is 6.20 Å². The van der Waals surface area contributed by atoms with Gasteiger partial charge in [-0.25, -0.2) is 8.78 Å². The fourth-order valence-corrected chi connectivity index (χ4v) is 5.66. The number of aromatic nitrogens is 1. The van der Waals surface area contributed by atoms with Crippen LogP contribution >= 0.6 is 0 Å². The van der Waals surface area contributed by atoms with E-state index >= 15 is 0 Å².